The van der Waals surface area contributed by atoms with Crippen LogP contribution >= 0.6 is 0 Å². The summed E-state index contributed by atoms with van der Waals surface area (Å²) < 4.78 is 2.32. The van der Waals surface area contributed by atoms with Crippen LogP contribution < -0.4 is 4.90 Å². The van der Waals surface area contributed by atoms with Crippen LogP contribution in [0.15, 0.2) is 152 Å². The molecule has 0 atom stereocenters. The molecule has 5 nitrogen and oxygen atoms in total. The Balaban J connectivity index is 1.38. The highest BCUT2D eigenvalue weighted by Crippen LogP contribution is 2.52. The summed E-state index contributed by atoms with van der Waals surface area (Å²) >= 11 is 0. The van der Waals surface area contributed by atoms with Gasteiger partial charge in [-0.05, 0) is 88.5 Å². The van der Waals surface area contributed by atoms with Gasteiger partial charge in [0, 0.05) is 45.5 Å². The van der Waals surface area contributed by atoms with Crippen LogP contribution in [0, 0.1) is 22.7 Å². The highest BCUT2D eigenvalue weighted by molar-refractivity contribution is 6.09. The van der Waals surface area contributed by atoms with E-state index in [-0.39, 0.29) is 5.41 Å². The number of hydrogen-bond acceptors (Lipinski definition) is 4. The predicted octanol–water partition coefficient (Wildman–Crippen LogP) is 11.4. The quantitative estimate of drug-likeness (QED) is 0.190. The van der Waals surface area contributed by atoms with Crippen molar-refractivity contribution in [3.05, 3.63) is 174 Å². The van der Waals surface area contributed by atoms with Crippen LogP contribution in [0.1, 0.15) is 36.1 Å². The number of fused-ring (bicyclic) bond motifs is 5. The summed E-state index contributed by atoms with van der Waals surface area (Å²) in [6.07, 6.45) is 3.79. The lowest BCUT2D eigenvalue weighted by Crippen LogP contribution is -2.30. The SMILES string of the molecule is CC1(C)c2ccccc2N(c2cc(-c3ccccc3-c3cc(C#N)ccc3C#N)cc(-n3c4ccccc4c4cnccc43)c2)c2ccccc21. The van der Waals surface area contributed by atoms with Crippen molar-refractivity contribution in [2.45, 2.75) is 19.3 Å². The minimum absolute atomic E-state index is 0.198. The van der Waals surface area contributed by atoms with Gasteiger partial charge in [-0.15, -0.1) is 0 Å². The molecule has 0 N–H and O–H groups in total. The molecule has 0 spiro atoms. The molecule has 0 unspecified atom stereocenters. The lowest BCUT2D eigenvalue weighted by atomic mass is 9.73. The average Bonchev–Trinajstić information content (AvgIpc) is 3.52. The Morgan fingerprint density at radius 2 is 1.22 bits per heavy atom. The van der Waals surface area contributed by atoms with E-state index in [1.807, 2.05) is 36.7 Å². The summed E-state index contributed by atoms with van der Waals surface area (Å²) in [5.41, 5.74) is 13.4. The number of rotatable bonds is 4. The number of anilines is 3. The normalized spacial score (nSPS) is 13.0. The molecule has 3 heterocycles. The van der Waals surface area contributed by atoms with E-state index in [1.54, 1.807) is 12.1 Å². The number of pyridine rings is 1. The summed E-state index contributed by atoms with van der Waals surface area (Å²) in [6.45, 7) is 4.60. The van der Waals surface area contributed by atoms with E-state index < -0.39 is 0 Å². The van der Waals surface area contributed by atoms with E-state index >= 15 is 0 Å². The standard InChI is InChI=1S/C46H31N5/c1-46(2)40-14-6-9-17-44(40)51(45-18-10-7-15-41(45)46)34-25-32(35-11-3-4-12-36(35)38-23-30(27-47)19-20-31(38)28-48)24-33(26-34)50-42-16-8-5-13-37(42)39-29-49-22-21-43(39)50/h3-26,29H,1-2H3. The molecule has 9 rings (SSSR count). The number of para-hydroxylation sites is 3. The van der Waals surface area contributed by atoms with Crippen molar-refractivity contribution in [2.75, 3.05) is 4.90 Å². The Morgan fingerprint density at radius 3 is 1.96 bits per heavy atom. The van der Waals surface area contributed by atoms with Gasteiger partial charge in [-0.25, -0.2) is 0 Å². The largest absolute Gasteiger partial charge is 0.310 e. The maximum absolute atomic E-state index is 10.2. The third-order valence-electron chi connectivity index (χ3n) is 10.3. The third-order valence-corrected chi connectivity index (χ3v) is 10.3. The van der Waals surface area contributed by atoms with Crippen LogP contribution in [0.4, 0.5) is 17.1 Å². The minimum Gasteiger partial charge on any atom is -0.310 e. The molecule has 6 aromatic carbocycles. The smallest absolute Gasteiger partial charge is 0.0998 e. The van der Waals surface area contributed by atoms with E-state index in [0.717, 1.165) is 66.8 Å². The first-order valence-electron chi connectivity index (χ1n) is 17.0. The number of hydrogen-bond donors (Lipinski definition) is 0. The molecule has 0 saturated heterocycles. The van der Waals surface area contributed by atoms with E-state index in [2.05, 4.69) is 144 Å². The average molecular weight is 654 g/mol. The maximum Gasteiger partial charge on any atom is 0.0998 e. The zero-order chi connectivity index (χ0) is 34.7. The molecule has 0 bridgehead atoms. The van der Waals surface area contributed by atoms with Crippen molar-refractivity contribution in [1.29, 1.82) is 10.5 Å². The fourth-order valence-corrected chi connectivity index (χ4v) is 7.95. The minimum atomic E-state index is -0.198. The van der Waals surface area contributed by atoms with Gasteiger partial charge in [-0.3, -0.25) is 4.98 Å². The number of nitriles is 2. The van der Waals surface area contributed by atoms with Gasteiger partial charge in [0.2, 0.25) is 0 Å². The van der Waals surface area contributed by atoms with E-state index in [0.29, 0.717) is 11.1 Å². The molecule has 2 aromatic heterocycles. The van der Waals surface area contributed by atoms with Gasteiger partial charge in [-0.1, -0.05) is 92.7 Å². The van der Waals surface area contributed by atoms with Crippen LogP contribution in [-0.2, 0) is 5.41 Å². The molecule has 5 heteroatoms. The molecule has 1 aliphatic rings. The lowest BCUT2D eigenvalue weighted by Gasteiger charge is -2.42. The topological polar surface area (TPSA) is 68.6 Å². The van der Waals surface area contributed by atoms with Crippen molar-refractivity contribution in [3.63, 3.8) is 0 Å². The van der Waals surface area contributed by atoms with E-state index in [9.17, 15) is 10.5 Å². The molecular weight excluding hydrogens is 623 g/mol. The van der Waals surface area contributed by atoms with E-state index in [1.165, 1.54) is 11.1 Å². The zero-order valence-corrected chi connectivity index (χ0v) is 28.2. The Labute approximate surface area is 296 Å². The molecule has 0 radical (unpaired) electrons. The van der Waals surface area contributed by atoms with Crippen molar-refractivity contribution < 1.29 is 0 Å². The third kappa shape index (κ3) is 4.64. The fourth-order valence-electron chi connectivity index (χ4n) is 7.95. The van der Waals surface area contributed by atoms with Crippen molar-refractivity contribution in [1.82, 2.24) is 9.55 Å². The molecule has 0 fully saturated rings. The monoisotopic (exact) mass is 653 g/mol. The molecule has 240 valence electrons. The second kappa shape index (κ2) is 11.6. The highest BCUT2D eigenvalue weighted by atomic mass is 15.2. The fraction of sp³-hybridized carbons (Fsp3) is 0.0652. The van der Waals surface area contributed by atoms with Crippen molar-refractivity contribution in [3.8, 4) is 40.1 Å². The zero-order valence-electron chi connectivity index (χ0n) is 28.2. The Hall–Kier alpha value is -6.95. The molecular formula is C46H31N5. The summed E-state index contributed by atoms with van der Waals surface area (Å²) in [4.78, 5) is 6.88. The second-order valence-corrected chi connectivity index (χ2v) is 13.5. The van der Waals surface area contributed by atoms with Gasteiger partial charge in [-0.2, -0.15) is 10.5 Å². The molecule has 0 aliphatic carbocycles. The highest BCUT2D eigenvalue weighted by Gasteiger charge is 2.36. The summed E-state index contributed by atoms with van der Waals surface area (Å²) in [5.74, 6) is 0. The molecule has 0 amide bonds. The van der Waals surface area contributed by atoms with E-state index in [4.69, 9.17) is 0 Å². The van der Waals surface area contributed by atoms with Crippen LogP contribution in [0.5, 0.6) is 0 Å². The Kier molecular flexibility index (Phi) is 6.85. The maximum atomic E-state index is 10.2. The van der Waals surface area contributed by atoms with Gasteiger partial charge >= 0.3 is 0 Å². The first-order chi connectivity index (χ1) is 25.0. The number of nitrogens with zero attached hydrogens (tertiary/aromatic N) is 5. The van der Waals surface area contributed by atoms with Crippen LogP contribution in [0.2, 0.25) is 0 Å². The van der Waals surface area contributed by atoms with Gasteiger partial charge in [0.05, 0.1) is 45.7 Å². The van der Waals surface area contributed by atoms with Gasteiger partial charge in [0.25, 0.3) is 0 Å². The first kappa shape index (κ1) is 30.1. The van der Waals surface area contributed by atoms with Gasteiger partial charge in [0.1, 0.15) is 0 Å². The van der Waals surface area contributed by atoms with Crippen molar-refractivity contribution in [2.24, 2.45) is 0 Å². The molecule has 8 aromatic rings. The van der Waals surface area contributed by atoms with Crippen LogP contribution in [0.25, 0.3) is 49.7 Å². The number of aromatic nitrogens is 2. The summed E-state index contributed by atoms with van der Waals surface area (Å²) in [5, 5.41) is 22.2. The Bertz CT molecular complexity index is 2670. The summed E-state index contributed by atoms with van der Waals surface area (Å²) in [7, 11) is 0. The first-order valence-corrected chi connectivity index (χ1v) is 17.0. The summed E-state index contributed by atoms with van der Waals surface area (Å²) in [6, 6.07) is 52.8. The van der Waals surface area contributed by atoms with Crippen molar-refractivity contribution >= 4 is 38.9 Å². The van der Waals surface area contributed by atoms with Crippen LogP contribution in [-0.4, -0.2) is 9.55 Å². The van der Waals surface area contributed by atoms with Crippen LogP contribution in [0.3, 0.4) is 0 Å². The Morgan fingerprint density at radius 1 is 0.569 bits per heavy atom. The number of benzene rings is 6. The molecule has 0 saturated carbocycles. The van der Waals surface area contributed by atoms with Gasteiger partial charge < -0.3 is 9.47 Å². The van der Waals surface area contributed by atoms with Gasteiger partial charge in [0.15, 0.2) is 0 Å². The molecule has 51 heavy (non-hydrogen) atoms. The molecule has 1 aliphatic heterocycles. The second-order valence-electron chi connectivity index (χ2n) is 13.5. The lowest BCUT2D eigenvalue weighted by molar-refractivity contribution is 0.632. The predicted molar refractivity (Wildman–Crippen MR) is 206 cm³/mol.